The summed E-state index contributed by atoms with van der Waals surface area (Å²) in [6.07, 6.45) is 5.53. The van der Waals surface area contributed by atoms with Gasteiger partial charge in [-0.25, -0.2) is 8.78 Å². The Labute approximate surface area is 215 Å². The van der Waals surface area contributed by atoms with E-state index in [2.05, 4.69) is 0 Å². The number of rotatable bonds is 1. The lowest BCUT2D eigenvalue weighted by Crippen LogP contribution is -2.64. The lowest BCUT2D eigenvalue weighted by Gasteiger charge is -2.51. The highest BCUT2D eigenvalue weighted by Gasteiger charge is 2.56. The first kappa shape index (κ1) is 21.7. The average Bonchev–Trinajstić information content (AvgIpc) is 3.66. The van der Waals surface area contributed by atoms with E-state index in [1.807, 2.05) is 40.0 Å². The molecule has 190 valence electrons. The number of carbonyl (C=O) groups is 1. The zero-order chi connectivity index (χ0) is 25.9. The molecule has 4 aromatic rings. The smallest absolute Gasteiger partial charge is 0.278 e. The van der Waals surface area contributed by atoms with Crippen LogP contribution in [0.15, 0.2) is 71.8 Å². The Bertz CT molecular complexity index is 1740. The number of piperidine rings is 1. The monoisotopic (exact) mass is 512 g/mol. The van der Waals surface area contributed by atoms with Crippen LogP contribution in [0.5, 0.6) is 5.75 Å². The van der Waals surface area contributed by atoms with Crippen molar-refractivity contribution in [3.8, 4) is 22.7 Å². The number of halogens is 2. The number of benzene rings is 2. The average molecular weight is 513 g/mol. The Balaban J connectivity index is 1.49. The first-order valence-electron chi connectivity index (χ1n) is 12.8. The van der Waals surface area contributed by atoms with Gasteiger partial charge in [-0.1, -0.05) is 24.3 Å². The van der Waals surface area contributed by atoms with E-state index in [4.69, 9.17) is 0 Å². The van der Waals surface area contributed by atoms with Gasteiger partial charge in [0.25, 0.3) is 5.91 Å². The maximum Gasteiger partial charge on any atom is 0.278 e. The van der Waals surface area contributed by atoms with E-state index in [0.29, 0.717) is 11.3 Å². The minimum Gasteiger partial charge on any atom is -0.502 e. The van der Waals surface area contributed by atoms with Crippen LogP contribution < -0.4 is 10.4 Å². The minimum atomic E-state index is -0.946. The van der Waals surface area contributed by atoms with Crippen LogP contribution >= 0.6 is 0 Å². The molecule has 0 radical (unpaired) electrons. The van der Waals surface area contributed by atoms with E-state index in [0.717, 1.165) is 36.6 Å². The Hall–Kier alpha value is -4.40. The topological polar surface area (TPSA) is 70.7 Å². The standard InChI is InChI=1S/C29H22F2N4O3/c30-19-10-9-18-23(24(19)31)21-6-3-12-32(21)20-5-2-1-4-17(20)25(18)35-28-15-7-8-16(14-15)34(28)29(38)26-27(37)22(36)11-13-33(26)35/h1-6,9-13,15-16,25,28,37H,7-8,14H2. The van der Waals surface area contributed by atoms with Crippen LogP contribution in [-0.2, 0) is 0 Å². The molecular formula is C29H22F2N4O3. The minimum absolute atomic E-state index is 0.0114. The maximum absolute atomic E-state index is 15.7. The summed E-state index contributed by atoms with van der Waals surface area (Å²) >= 11 is 0. The second-order valence-corrected chi connectivity index (χ2v) is 10.5. The molecule has 1 aliphatic carbocycles. The molecular weight excluding hydrogens is 490 g/mol. The Morgan fingerprint density at radius 2 is 1.74 bits per heavy atom. The van der Waals surface area contributed by atoms with E-state index < -0.39 is 28.9 Å². The van der Waals surface area contributed by atoms with E-state index in [9.17, 15) is 19.1 Å². The Morgan fingerprint density at radius 1 is 0.895 bits per heavy atom. The number of hydrogen-bond acceptors (Lipinski definition) is 4. The number of aromatic hydroxyl groups is 1. The largest absolute Gasteiger partial charge is 0.502 e. The lowest BCUT2D eigenvalue weighted by molar-refractivity contribution is 0.0439. The zero-order valence-electron chi connectivity index (χ0n) is 20.1. The third kappa shape index (κ3) is 2.56. The third-order valence-corrected chi connectivity index (χ3v) is 8.74. The molecule has 1 amide bonds. The number of carbonyl (C=O) groups excluding carboxylic acids is 1. The molecule has 2 bridgehead atoms. The van der Waals surface area contributed by atoms with Crippen molar-refractivity contribution in [2.75, 3.05) is 5.01 Å². The second kappa shape index (κ2) is 7.34. The van der Waals surface area contributed by atoms with Gasteiger partial charge in [0.1, 0.15) is 12.2 Å². The summed E-state index contributed by atoms with van der Waals surface area (Å²) in [5.41, 5.74) is 2.09. The molecule has 4 unspecified atom stereocenters. The number of amides is 1. The summed E-state index contributed by atoms with van der Waals surface area (Å²) in [5.74, 6) is -2.73. The van der Waals surface area contributed by atoms with Gasteiger partial charge in [0, 0.05) is 41.5 Å². The van der Waals surface area contributed by atoms with Crippen LogP contribution in [0.3, 0.4) is 0 Å². The highest BCUT2D eigenvalue weighted by Crippen LogP contribution is 2.51. The Kier molecular flexibility index (Phi) is 4.18. The number of hydrogen-bond donors (Lipinski definition) is 1. The molecule has 9 heteroatoms. The summed E-state index contributed by atoms with van der Waals surface area (Å²) in [6.45, 7) is 0. The molecule has 7 nitrogen and oxygen atoms in total. The molecule has 8 rings (SSSR count). The van der Waals surface area contributed by atoms with Crippen molar-refractivity contribution in [2.24, 2.45) is 5.92 Å². The maximum atomic E-state index is 15.7. The van der Waals surface area contributed by atoms with Gasteiger partial charge in [-0.2, -0.15) is 0 Å². The first-order valence-corrected chi connectivity index (χ1v) is 12.8. The van der Waals surface area contributed by atoms with E-state index in [-0.39, 0.29) is 35.3 Å². The van der Waals surface area contributed by atoms with Gasteiger partial charge < -0.3 is 14.6 Å². The number of pyridine rings is 1. The van der Waals surface area contributed by atoms with Crippen LogP contribution in [0.25, 0.3) is 16.9 Å². The second-order valence-electron chi connectivity index (χ2n) is 10.5. The van der Waals surface area contributed by atoms with Crippen molar-refractivity contribution in [3.63, 3.8) is 0 Å². The molecule has 2 aromatic carbocycles. The molecule has 0 spiro atoms. The van der Waals surface area contributed by atoms with Crippen LogP contribution in [0.4, 0.5) is 8.78 Å². The molecule has 38 heavy (non-hydrogen) atoms. The van der Waals surface area contributed by atoms with Crippen molar-refractivity contribution < 1.29 is 18.7 Å². The van der Waals surface area contributed by atoms with Crippen molar-refractivity contribution in [1.29, 1.82) is 0 Å². The fourth-order valence-electron chi connectivity index (χ4n) is 7.26. The quantitative estimate of drug-likeness (QED) is 0.413. The number of nitrogens with zero attached hydrogens (tertiary/aromatic N) is 4. The molecule has 5 heterocycles. The summed E-state index contributed by atoms with van der Waals surface area (Å²) in [5, 5.41) is 12.8. The van der Waals surface area contributed by atoms with Gasteiger partial charge in [-0.05, 0) is 49.1 Å². The van der Waals surface area contributed by atoms with E-state index in [1.165, 1.54) is 12.3 Å². The first-order chi connectivity index (χ1) is 18.5. The number of fused-ring (bicyclic) bond motifs is 11. The van der Waals surface area contributed by atoms with Gasteiger partial charge in [0.15, 0.2) is 23.1 Å². The molecule has 1 saturated carbocycles. The molecule has 2 aromatic heterocycles. The third-order valence-electron chi connectivity index (χ3n) is 8.74. The molecule has 2 fully saturated rings. The lowest BCUT2D eigenvalue weighted by atomic mass is 9.90. The molecule has 3 aliphatic heterocycles. The van der Waals surface area contributed by atoms with Gasteiger partial charge in [-0.15, -0.1) is 0 Å². The fraction of sp³-hybridized carbons (Fsp3) is 0.241. The van der Waals surface area contributed by atoms with Gasteiger partial charge >= 0.3 is 0 Å². The highest BCUT2D eigenvalue weighted by molar-refractivity contribution is 5.97. The summed E-state index contributed by atoms with van der Waals surface area (Å²) in [6, 6.07) is 14.6. The van der Waals surface area contributed by atoms with Gasteiger partial charge in [0.2, 0.25) is 5.43 Å². The molecule has 4 aliphatic rings. The fourth-order valence-corrected chi connectivity index (χ4v) is 7.26. The highest BCUT2D eigenvalue weighted by atomic mass is 19.2. The van der Waals surface area contributed by atoms with Crippen molar-refractivity contribution in [3.05, 3.63) is 106 Å². The predicted molar refractivity (Wildman–Crippen MR) is 135 cm³/mol. The summed E-state index contributed by atoms with van der Waals surface area (Å²) in [7, 11) is 0. The molecule has 1 saturated heterocycles. The number of aromatic nitrogens is 2. The molecule has 4 atom stereocenters. The zero-order valence-corrected chi connectivity index (χ0v) is 20.1. The summed E-state index contributed by atoms with van der Waals surface area (Å²) in [4.78, 5) is 28.0. The Morgan fingerprint density at radius 3 is 2.61 bits per heavy atom. The van der Waals surface area contributed by atoms with E-state index >= 15 is 4.39 Å². The number of para-hydroxylation sites is 1. The predicted octanol–water partition coefficient (Wildman–Crippen LogP) is 4.30. The van der Waals surface area contributed by atoms with E-state index in [1.54, 1.807) is 27.8 Å². The van der Waals surface area contributed by atoms with Crippen LogP contribution in [0.1, 0.15) is 46.9 Å². The summed E-state index contributed by atoms with van der Waals surface area (Å²) < 4.78 is 33.9. The SMILES string of the molecule is O=C1c2c(O)c(=O)ccn2N(C2c3ccccc3-n3cccc3-c3c2ccc(F)c3F)C2C3CCC(C3)N12. The molecule has 1 N–H and O–H groups in total. The van der Waals surface area contributed by atoms with Crippen LogP contribution in [0, 0.1) is 17.6 Å². The van der Waals surface area contributed by atoms with Crippen molar-refractivity contribution in [2.45, 2.75) is 37.5 Å². The normalized spacial score (nSPS) is 24.4. The van der Waals surface area contributed by atoms with Crippen molar-refractivity contribution >= 4 is 5.91 Å². The van der Waals surface area contributed by atoms with Crippen LogP contribution in [-0.4, -0.2) is 37.4 Å². The van der Waals surface area contributed by atoms with Crippen LogP contribution in [0.2, 0.25) is 0 Å². The van der Waals surface area contributed by atoms with Crippen molar-refractivity contribution in [1.82, 2.24) is 14.1 Å². The van der Waals surface area contributed by atoms with Gasteiger partial charge in [0.05, 0.1) is 11.4 Å². The van der Waals surface area contributed by atoms with Gasteiger partial charge in [-0.3, -0.25) is 19.3 Å².